The normalized spacial score (nSPS) is 12.6. The summed E-state index contributed by atoms with van der Waals surface area (Å²) >= 11 is 0. The van der Waals surface area contributed by atoms with E-state index in [1.807, 2.05) is 33.9 Å². The Hall–Kier alpha value is -1.10. The molecule has 0 saturated heterocycles. The first-order valence-corrected chi connectivity index (χ1v) is 8.32. The minimum atomic E-state index is -2.12. The van der Waals surface area contributed by atoms with E-state index < -0.39 is 25.7 Å². The van der Waals surface area contributed by atoms with Crippen LogP contribution in [0.2, 0.25) is 18.1 Å². The summed E-state index contributed by atoms with van der Waals surface area (Å²) in [7, 11) is -2.12. The maximum atomic E-state index is 13.2. The predicted molar refractivity (Wildman–Crippen MR) is 65.8 cm³/mol. The van der Waals surface area contributed by atoms with Crippen molar-refractivity contribution in [2.45, 2.75) is 38.9 Å². The molecule has 0 unspecified atom stereocenters. The molecule has 0 aliphatic carbocycles. The van der Waals surface area contributed by atoms with Crippen LogP contribution in [-0.2, 0) is 0 Å². The maximum Gasteiger partial charge on any atom is 0.250 e. The lowest BCUT2D eigenvalue weighted by Gasteiger charge is -2.36. The van der Waals surface area contributed by atoms with Crippen LogP contribution >= 0.6 is 0 Å². The summed E-state index contributed by atoms with van der Waals surface area (Å²) in [6.07, 6.45) is 0. The van der Waals surface area contributed by atoms with Gasteiger partial charge in [-0.3, -0.25) is 0 Å². The smallest absolute Gasteiger partial charge is 0.250 e. The molecule has 0 amide bonds. The largest absolute Gasteiger partial charge is 0.543 e. The van der Waals surface area contributed by atoms with Crippen molar-refractivity contribution in [1.82, 2.24) is 0 Å². The topological polar surface area (TPSA) is 29.5 Å². The Morgan fingerprint density at radius 3 is 1.88 bits per heavy atom. The fourth-order valence-electron chi connectivity index (χ4n) is 1.05. The average Bonchev–Trinajstić information content (AvgIpc) is 2.11. The first-order valence-electron chi connectivity index (χ1n) is 5.41. The molecule has 1 aromatic rings. The maximum absolute atomic E-state index is 13.2. The van der Waals surface area contributed by atoms with Crippen molar-refractivity contribution >= 4 is 8.32 Å². The molecule has 5 heteroatoms. The second-order valence-electron chi connectivity index (χ2n) is 5.60. The number of phenolic OH excluding ortho intramolecular Hbond substituents is 1. The van der Waals surface area contributed by atoms with Gasteiger partial charge in [-0.1, -0.05) is 20.8 Å². The van der Waals surface area contributed by atoms with Crippen molar-refractivity contribution in [3.63, 3.8) is 0 Å². The van der Waals surface area contributed by atoms with Crippen LogP contribution in [0.3, 0.4) is 0 Å². The van der Waals surface area contributed by atoms with E-state index in [1.165, 1.54) is 0 Å². The number of hydrogen-bond acceptors (Lipinski definition) is 2. The van der Waals surface area contributed by atoms with E-state index in [4.69, 9.17) is 9.53 Å². The molecule has 0 heterocycles. The van der Waals surface area contributed by atoms with Gasteiger partial charge in [0.15, 0.2) is 17.4 Å². The summed E-state index contributed by atoms with van der Waals surface area (Å²) in [5.41, 5.74) is 0. The molecule has 1 rings (SSSR count). The van der Waals surface area contributed by atoms with E-state index in [-0.39, 0.29) is 10.8 Å². The molecule has 0 fully saturated rings. The van der Waals surface area contributed by atoms with Gasteiger partial charge < -0.3 is 9.53 Å². The Morgan fingerprint density at radius 2 is 1.53 bits per heavy atom. The van der Waals surface area contributed by atoms with Crippen LogP contribution in [0, 0.1) is 11.6 Å². The van der Waals surface area contributed by atoms with Crippen molar-refractivity contribution in [2.24, 2.45) is 0 Å². The fourth-order valence-corrected chi connectivity index (χ4v) is 2.06. The highest BCUT2D eigenvalue weighted by molar-refractivity contribution is 6.74. The molecule has 1 aromatic carbocycles. The first kappa shape index (κ1) is 14.0. The number of hydrogen-bond donors (Lipinski definition) is 1. The standard InChI is InChI=1S/C12H18F2O2Si/c1-12(2,3)17(4,5)16-8-6-9(13)11(15)10(14)7-8/h6-7,15H,1-5H3. The van der Waals surface area contributed by atoms with E-state index in [2.05, 4.69) is 0 Å². The zero-order chi connectivity index (χ0) is 13.4. The molecule has 0 aliphatic heterocycles. The zero-order valence-electron chi connectivity index (χ0n) is 10.8. The van der Waals surface area contributed by atoms with Crippen molar-refractivity contribution in [3.8, 4) is 11.5 Å². The summed E-state index contributed by atoms with van der Waals surface area (Å²) in [6, 6.07) is 2.03. The van der Waals surface area contributed by atoms with Gasteiger partial charge in [0, 0.05) is 12.1 Å². The van der Waals surface area contributed by atoms with Crippen LogP contribution in [0.15, 0.2) is 12.1 Å². The highest BCUT2D eigenvalue weighted by atomic mass is 28.4. The summed E-state index contributed by atoms with van der Waals surface area (Å²) in [6.45, 7) is 10.1. The summed E-state index contributed by atoms with van der Waals surface area (Å²) < 4.78 is 32.0. The third-order valence-electron chi connectivity index (χ3n) is 3.17. The third kappa shape index (κ3) is 2.97. The Balaban J connectivity index is 3.05. The molecule has 0 saturated carbocycles. The first-order chi connectivity index (χ1) is 7.54. The number of benzene rings is 1. The quantitative estimate of drug-likeness (QED) is 0.813. The molecule has 96 valence electrons. The van der Waals surface area contributed by atoms with E-state index in [0.29, 0.717) is 0 Å². The molecule has 2 nitrogen and oxygen atoms in total. The van der Waals surface area contributed by atoms with E-state index >= 15 is 0 Å². The van der Waals surface area contributed by atoms with Crippen LogP contribution in [0.25, 0.3) is 0 Å². The minimum absolute atomic E-state index is 0.0577. The Bertz CT molecular complexity index is 402. The van der Waals surface area contributed by atoms with Gasteiger partial charge in [-0.25, -0.2) is 8.78 Å². The predicted octanol–water partition coefficient (Wildman–Crippen LogP) is 4.05. The second-order valence-corrected chi connectivity index (χ2v) is 10.3. The van der Waals surface area contributed by atoms with Gasteiger partial charge >= 0.3 is 0 Å². The molecule has 0 radical (unpaired) electrons. The summed E-state index contributed by atoms with van der Waals surface area (Å²) in [5.74, 6) is -2.84. The molecule has 0 aromatic heterocycles. The Labute approximate surface area is 101 Å². The molecule has 17 heavy (non-hydrogen) atoms. The molecular formula is C12H18F2O2Si. The molecule has 0 spiro atoms. The zero-order valence-corrected chi connectivity index (χ0v) is 11.8. The summed E-state index contributed by atoms with van der Waals surface area (Å²) in [5, 5.41) is 8.94. The lowest BCUT2D eigenvalue weighted by Crippen LogP contribution is -2.43. The van der Waals surface area contributed by atoms with Crippen molar-refractivity contribution in [2.75, 3.05) is 0 Å². The van der Waals surface area contributed by atoms with Crippen LogP contribution in [0.5, 0.6) is 11.5 Å². The van der Waals surface area contributed by atoms with Gasteiger partial charge in [0.05, 0.1) is 0 Å². The van der Waals surface area contributed by atoms with Crippen molar-refractivity contribution in [1.29, 1.82) is 0 Å². The monoisotopic (exact) mass is 260 g/mol. The molecule has 1 N–H and O–H groups in total. The van der Waals surface area contributed by atoms with Gasteiger partial charge in [0.2, 0.25) is 8.32 Å². The molecular weight excluding hydrogens is 242 g/mol. The van der Waals surface area contributed by atoms with E-state index in [1.54, 1.807) is 0 Å². The van der Waals surface area contributed by atoms with Gasteiger partial charge in [0.25, 0.3) is 0 Å². The van der Waals surface area contributed by atoms with E-state index in [9.17, 15) is 8.78 Å². The molecule has 0 bridgehead atoms. The highest BCUT2D eigenvalue weighted by Crippen LogP contribution is 2.38. The van der Waals surface area contributed by atoms with Gasteiger partial charge in [-0.15, -0.1) is 0 Å². The van der Waals surface area contributed by atoms with Crippen LogP contribution in [-0.4, -0.2) is 13.4 Å². The van der Waals surface area contributed by atoms with E-state index in [0.717, 1.165) is 12.1 Å². The number of rotatable bonds is 2. The minimum Gasteiger partial charge on any atom is -0.543 e. The lowest BCUT2D eigenvalue weighted by molar-refractivity contribution is 0.390. The number of halogens is 2. The second kappa shape index (κ2) is 4.29. The third-order valence-corrected chi connectivity index (χ3v) is 7.53. The van der Waals surface area contributed by atoms with Gasteiger partial charge in [-0.05, 0) is 18.1 Å². The number of aromatic hydroxyl groups is 1. The van der Waals surface area contributed by atoms with Crippen LogP contribution < -0.4 is 4.43 Å². The van der Waals surface area contributed by atoms with Crippen LogP contribution in [0.1, 0.15) is 20.8 Å². The molecule has 0 atom stereocenters. The van der Waals surface area contributed by atoms with Crippen molar-refractivity contribution in [3.05, 3.63) is 23.8 Å². The Morgan fingerprint density at radius 1 is 1.12 bits per heavy atom. The SMILES string of the molecule is CC(C)(C)[Si](C)(C)Oc1cc(F)c(O)c(F)c1. The summed E-state index contributed by atoms with van der Waals surface area (Å²) in [4.78, 5) is 0. The average molecular weight is 260 g/mol. The Kier molecular flexibility index (Phi) is 3.52. The molecule has 0 aliphatic rings. The lowest BCUT2D eigenvalue weighted by atomic mass is 10.2. The highest BCUT2D eigenvalue weighted by Gasteiger charge is 2.39. The van der Waals surface area contributed by atoms with Crippen molar-refractivity contribution < 1.29 is 18.3 Å². The van der Waals surface area contributed by atoms with Gasteiger partial charge in [0.1, 0.15) is 5.75 Å². The fraction of sp³-hybridized carbons (Fsp3) is 0.500. The number of phenols is 1. The van der Waals surface area contributed by atoms with Crippen LogP contribution in [0.4, 0.5) is 8.78 Å². The van der Waals surface area contributed by atoms with Gasteiger partial charge in [-0.2, -0.15) is 0 Å².